The van der Waals surface area contributed by atoms with Gasteiger partial charge < -0.3 is 28.6 Å². The van der Waals surface area contributed by atoms with E-state index < -0.39 is 5.41 Å². The average molecular weight is 337 g/mol. The van der Waals surface area contributed by atoms with E-state index in [0.29, 0.717) is 72.4 Å². The maximum atomic E-state index is 8.61. The lowest BCUT2D eigenvalue weighted by Gasteiger charge is -2.32. The molecule has 0 radical (unpaired) electrons. The molecule has 0 aliphatic rings. The summed E-state index contributed by atoms with van der Waals surface area (Å²) in [5, 5.41) is 8.61. The molecule has 24 heavy (non-hydrogen) atoms. The van der Waals surface area contributed by atoms with Crippen LogP contribution in [-0.2, 0) is 18.9 Å². The minimum absolute atomic E-state index is 0.305. The highest BCUT2D eigenvalue weighted by atomic mass is 16.5. The van der Waals surface area contributed by atoms with Gasteiger partial charge in [-0.1, -0.05) is 6.92 Å². The van der Waals surface area contributed by atoms with Crippen LogP contribution in [0.2, 0.25) is 0 Å². The number of nitriles is 1. The van der Waals surface area contributed by atoms with Crippen molar-refractivity contribution in [2.45, 2.75) is 19.8 Å². The van der Waals surface area contributed by atoms with Gasteiger partial charge in [0.25, 0.3) is 0 Å². The van der Waals surface area contributed by atoms with Crippen LogP contribution in [0.5, 0.6) is 0 Å². The Labute approximate surface area is 145 Å². The first-order valence-corrected chi connectivity index (χ1v) is 8.09. The fourth-order valence-corrected chi connectivity index (χ4v) is 1.89. The SMILES string of the molecule is [C-]#[N+]CCOCC(COCCC)(COCCC#N)COCC[N+]#[C-]. The summed E-state index contributed by atoms with van der Waals surface area (Å²) in [5.41, 5.74) is -0.505. The molecular formula is C17H27N3O4. The predicted molar refractivity (Wildman–Crippen MR) is 89.2 cm³/mol. The Morgan fingerprint density at radius 2 is 1.29 bits per heavy atom. The van der Waals surface area contributed by atoms with Crippen molar-refractivity contribution in [1.29, 1.82) is 5.26 Å². The molecule has 0 aliphatic heterocycles. The molecule has 0 aromatic carbocycles. The van der Waals surface area contributed by atoms with Crippen LogP contribution in [0.15, 0.2) is 0 Å². The molecule has 7 nitrogen and oxygen atoms in total. The summed E-state index contributed by atoms with van der Waals surface area (Å²) in [7, 11) is 0. The van der Waals surface area contributed by atoms with Gasteiger partial charge in [-0.25, -0.2) is 13.1 Å². The molecule has 0 N–H and O–H groups in total. The maximum Gasteiger partial charge on any atom is 0.237 e. The van der Waals surface area contributed by atoms with Gasteiger partial charge in [-0.05, 0) is 6.42 Å². The molecule has 134 valence electrons. The molecule has 0 aromatic rings. The van der Waals surface area contributed by atoms with E-state index in [1.54, 1.807) is 0 Å². The summed E-state index contributed by atoms with van der Waals surface area (Å²) in [6.45, 7) is 19.3. The molecule has 0 saturated carbocycles. The van der Waals surface area contributed by atoms with Gasteiger partial charge in [0.1, 0.15) is 13.2 Å². The van der Waals surface area contributed by atoms with E-state index in [4.69, 9.17) is 37.4 Å². The smallest absolute Gasteiger partial charge is 0.237 e. The van der Waals surface area contributed by atoms with Crippen LogP contribution in [0.1, 0.15) is 19.8 Å². The third kappa shape index (κ3) is 11.8. The van der Waals surface area contributed by atoms with E-state index >= 15 is 0 Å². The third-order valence-corrected chi connectivity index (χ3v) is 3.03. The average Bonchev–Trinajstić information content (AvgIpc) is 2.60. The second-order valence-electron chi connectivity index (χ2n) is 5.38. The molecule has 0 unspecified atom stereocenters. The monoisotopic (exact) mass is 337 g/mol. The molecule has 0 fully saturated rings. The fraction of sp³-hybridized carbons (Fsp3) is 0.824. The first-order valence-electron chi connectivity index (χ1n) is 8.09. The topological polar surface area (TPSA) is 69.4 Å². The van der Waals surface area contributed by atoms with Crippen molar-refractivity contribution in [2.75, 3.05) is 65.9 Å². The zero-order chi connectivity index (χ0) is 17.9. The van der Waals surface area contributed by atoms with E-state index in [2.05, 4.69) is 9.69 Å². The van der Waals surface area contributed by atoms with Gasteiger partial charge in [-0.15, -0.1) is 0 Å². The van der Waals surface area contributed by atoms with Crippen LogP contribution in [0.25, 0.3) is 9.69 Å². The van der Waals surface area contributed by atoms with Gasteiger partial charge in [0.2, 0.25) is 13.1 Å². The molecule has 0 bridgehead atoms. The highest BCUT2D eigenvalue weighted by Crippen LogP contribution is 2.21. The number of nitrogens with zero attached hydrogens (tertiary/aromatic N) is 3. The maximum absolute atomic E-state index is 8.61. The number of rotatable bonds is 16. The summed E-state index contributed by atoms with van der Waals surface area (Å²) in [4.78, 5) is 6.53. The normalized spacial score (nSPS) is 10.8. The van der Waals surface area contributed by atoms with Crippen LogP contribution < -0.4 is 0 Å². The molecular weight excluding hydrogens is 310 g/mol. The molecule has 0 aliphatic carbocycles. The van der Waals surface area contributed by atoms with Gasteiger partial charge in [0.05, 0.1) is 50.9 Å². The Morgan fingerprint density at radius 1 is 0.833 bits per heavy atom. The quantitative estimate of drug-likeness (QED) is 0.319. The van der Waals surface area contributed by atoms with Crippen LogP contribution in [0.4, 0.5) is 0 Å². The molecule has 0 aromatic heterocycles. The first-order chi connectivity index (χ1) is 11.7. The fourth-order valence-electron chi connectivity index (χ4n) is 1.89. The van der Waals surface area contributed by atoms with E-state index in [0.717, 1.165) is 6.42 Å². The second kappa shape index (κ2) is 16.2. The zero-order valence-corrected chi connectivity index (χ0v) is 14.5. The van der Waals surface area contributed by atoms with Gasteiger partial charge in [0, 0.05) is 6.61 Å². The molecule has 0 atom stereocenters. The lowest BCUT2D eigenvalue weighted by Crippen LogP contribution is -2.42. The van der Waals surface area contributed by atoms with Crippen molar-refractivity contribution in [2.24, 2.45) is 5.41 Å². The lowest BCUT2D eigenvalue weighted by molar-refractivity contribution is -0.104. The Balaban J connectivity index is 4.69. The summed E-state index contributed by atoms with van der Waals surface area (Å²) in [6, 6.07) is 2.04. The molecule has 0 heterocycles. The minimum Gasteiger partial charge on any atom is -0.381 e. The summed E-state index contributed by atoms with van der Waals surface area (Å²) < 4.78 is 22.5. The molecule has 0 amide bonds. The van der Waals surface area contributed by atoms with Gasteiger partial charge in [0.15, 0.2) is 0 Å². The van der Waals surface area contributed by atoms with Crippen molar-refractivity contribution in [3.05, 3.63) is 22.8 Å². The predicted octanol–water partition coefficient (Wildman–Crippen LogP) is 2.20. The highest BCUT2D eigenvalue weighted by Gasteiger charge is 2.32. The van der Waals surface area contributed by atoms with Crippen LogP contribution in [0.3, 0.4) is 0 Å². The summed E-state index contributed by atoms with van der Waals surface area (Å²) >= 11 is 0. The molecule has 0 rings (SSSR count). The standard InChI is InChI=1S/C17H27N3O4/c1-4-9-21-13-17(14-22-10-5-6-18,15-23-11-7-19-2)16-24-12-8-20-3/h4-5,7-16H2,1H3. The van der Waals surface area contributed by atoms with Gasteiger partial charge >= 0.3 is 0 Å². The van der Waals surface area contributed by atoms with E-state index in [1.807, 2.05) is 13.0 Å². The van der Waals surface area contributed by atoms with Crippen molar-refractivity contribution < 1.29 is 18.9 Å². The van der Waals surface area contributed by atoms with Crippen molar-refractivity contribution in [3.8, 4) is 6.07 Å². The third-order valence-electron chi connectivity index (χ3n) is 3.03. The number of ether oxygens (including phenoxy) is 4. The Morgan fingerprint density at radius 3 is 1.71 bits per heavy atom. The first kappa shape index (κ1) is 22.3. The van der Waals surface area contributed by atoms with Gasteiger partial charge in [-0.2, -0.15) is 5.26 Å². The number of hydrogen-bond donors (Lipinski definition) is 0. The Kier molecular flexibility index (Phi) is 15.0. The van der Waals surface area contributed by atoms with Crippen LogP contribution >= 0.6 is 0 Å². The van der Waals surface area contributed by atoms with Crippen molar-refractivity contribution in [3.63, 3.8) is 0 Å². The molecule has 0 saturated heterocycles. The van der Waals surface area contributed by atoms with Crippen molar-refractivity contribution >= 4 is 0 Å². The molecule has 7 heteroatoms. The Hall–Kier alpha value is -1.69. The number of hydrogen-bond acceptors (Lipinski definition) is 5. The van der Waals surface area contributed by atoms with E-state index in [9.17, 15) is 0 Å². The lowest BCUT2D eigenvalue weighted by atomic mass is 9.92. The van der Waals surface area contributed by atoms with Gasteiger partial charge in [-0.3, -0.25) is 0 Å². The summed E-state index contributed by atoms with van der Waals surface area (Å²) in [5.74, 6) is 0. The van der Waals surface area contributed by atoms with Crippen LogP contribution in [0, 0.1) is 29.9 Å². The largest absolute Gasteiger partial charge is 0.381 e. The van der Waals surface area contributed by atoms with Crippen LogP contribution in [-0.4, -0.2) is 65.9 Å². The van der Waals surface area contributed by atoms with E-state index in [-0.39, 0.29) is 0 Å². The second-order valence-corrected chi connectivity index (χ2v) is 5.38. The Bertz CT molecular complexity index is 368. The van der Waals surface area contributed by atoms with Crippen molar-refractivity contribution in [1.82, 2.24) is 0 Å². The van der Waals surface area contributed by atoms with E-state index in [1.165, 1.54) is 0 Å². The molecule has 0 spiro atoms. The highest BCUT2D eigenvalue weighted by molar-refractivity contribution is 4.80. The zero-order valence-electron chi connectivity index (χ0n) is 14.5. The minimum atomic E-state index is -0.505. The summed E-state index contributed by atoms with van der Waals surface area (Å²) in [6.07, 6.45) is 1.23.